The van der Waals surface area contributed by atoms with Gasteiger partial charge in [-0.05, 0) is 36.0 Å². The maximum absolute atomic E-state index is 9.94. The van der Waals surface area contributed by atoms with Crippen molar-refractivity contribution < 1.29 is 5.11 Å². The standard InChI is InChI=1S/C10H17IO/c1-9-4-3-7(5-8(9)12)10(9,2)6-11/h7-8,12H,3-6H2,1-2H3/t7-,8-,9+,10-/m0/s1. The normalized spacial score (nSPS) is 58.0. The summed E-state index contributed by atoms with van der Waals surface area (Å²) in [7, 11) is 0. The fourth-order valence-corrected chi connectivity index (χ4v) is 4.76. The van der Waals surface area contributed by atoms with Crippen molar-refractivity contribution >= 4 is 22.6 Å². The molecule has 1 nitrogen and oxygen atoms in total. The molecule has 0 radical (unpaired) electrons. The molecule has 2 saturated carbocycles. The van der Waals surface area contributed by atoms with Crippen molar-refractivity contribution in [3.63, 3.8) is 0 Å². The molecule has 2 aliphatic rings. The summed E-state index contributed by atoms with van der Waals surface area (Å²) < 4.78 is 1.20. The van der Waals surface area contributed by atoms with Gasteiger partial charge in [0.25, 0.3) is 0 Å². The number of hydrogen-bond acceptors (Lipinski definition) is 1. The first-order valence-electron chi connectivity index (χ1n) is 4.78. The third-order valence-corrected chi connectivity index (χ3v) is 6.32. The molecular formula is C10H17IO. The van der Waals surface area contributed by atoms with Gasteiger partial charge >= 0.3 is 0 Å². The second-order valence-corrected chi connectivity index (χ2v) is 5.72. The predicted molar refractivity (Wildman–Crippen MR) is 58.4 cm³/mol. The Bertz CT molecular complexity index is 204. The van der Waals surface area contributed by atoms with Gasteiger partial charge in [-0.2, -0.15) is 0 Å². The van der Waals surface area contributed by atoms with E-state index >= 15 is 0 Å². The summed E-state index contributed by atoms with van der Waals surface area (Å²) in [4.78, 5) is 0. The molecule has 12 heavy (non-hydrogen) atoms. The van der Waals surface area contributed by atoms with Crippen molar-refractivity contribution in [2.45, 2.75) is 39.2 Å². The Morgan fingerprint density at radius 3 is 2.42 bits per heavy atom. The molecular weight excluding hydrogens is 263 g/mol. The van der Waals surface area contributed by atoms with E-state index in [1.807, 2.05) is 0 Å². The van der Waals surface area contributed by atoms with Gasteiger partial charge in [-0.3, -0.25) is 0 Å². The van der Waals surface area contributed by atoms with E-state index in [1.54, 1.807) is 0 Å². The van der Waals surface area contributed by atoms with Crippen LogP contribution in [0.4, 0.5) is 0 Å². The molecule has 0 amide bonds. The van der Waals surface area contributed by atoms with Crippen LogP contribution in [0.15, 0.2) is 0 Å². The van der Waals surface area contributed by atoms with Crippen LogP contribution in [0.25, 0.3) is 0 Å². The summed E-state index contributed by atoms with van der Waals surface area (Å²) in [5.74, 6) is 0.786. The topological polar surface area (TPSA) is 20.2 Å². The third kappa shape index (κ3) is 0.834. The second-order valence-electron chi connectivity index (χ2n) is 4.96. The van der Waals surface area contributed by atoms with E-state index in [-0.39, 0.29) is 11.5 Å². The van der Waals surface area contributed by atoms with Crippen LogP contribution in [0.5, 0.6) is 0 Å². The lowest BCUT2D eigenvalue weighted by molar-refractivity contribution is 0.0154. The molecule has 0 aromatic carbocycles. The van der Waals surface area contributed by atoms with Crippen LogP contribution in [0.2, 0.25) is 0 Å². The molecule has 0 aliphatic heterocycles. The predicted octanol–water partition coefficient (Wildman–Crippen LogP) is 2.61. The van der Waals surface area contributed by atoms with E-state index in [0.717, 1.165) is 12.3 Å². The lowest BCUT2D eigenvalue weighted by Crippen LogP contribution is -2.38. The Balaban J connectivity index is 2.38. The van der Waals surface area contributed by atoms with E-state index in [0.29, 0.717) is 5.41 Å². The molecule has 0 unspecified atom stereocenters. The highest BCUT2D eigenvalue weighted by Crippen LogP contribution is 2.66. The summed E-state index contributed by atoms with van der Waals surface area (Å²) in [6.07, 6.45) is 3.59. The van der Waals surface area contributed by atoms with Crippen LogP contribution in [0.1, 0.15) is 33.1 Å². The molecule has 1 N–H and O–H groups in total. The van der Waals surface area contributed by atoms with Gasteiger partial charge in [0.05, 0.1) is 6.10 Å². The highest BCUT2D eigenvalue weighted by atomic mass is 127. The molecule has 2 heteroatoms. The van der Waals surface area contributed by atoms with Gasteiger partial charge in [0, 0.05) is 4.43 Å². The zero-order valence-corrected chi connectivity index (χ0v) is 9.97. The fourth-order valence-electron chi connectivity index (χ4n) is 3.26. The number of alkyl halides is 1. The minimum Gasteiger partial charge on any atom is -0.393 e. The van der Waals surface area contributed by atoms with Crippen molar-refractivity contribution in [2.24, 2.45) is 16.7 Å². The molecule has 2 fully saturated rings. The molecule has 0 aromatic heterocycles. The Morgan fingerprint density at radius 1 is 1.50 bits per heavy atom. The average Bonchev–Trinajstić information content (AvgIpc) is 2.39. The van der Waals surface area contributed by atoms with Gasteiger partial charge in [-0.25, -0.2) is 0 Å². The monoisotopic (exact) mass is 280 g/mol. The molecule has 2 rings (SSSR count). The van der Waals surface area contributed by atoms with Crippen LogP contribution in [-0.2, 0) is 0 Å². The van der Waals surface area contributed by atoms with Gasteiger partial charge in [-0.15, -0.1) is 0 Å². The number of hydrogen-bond donors (Lipinski definition) is 1. The number of halogens is 1. The Kier molecular flexibility index (Phi) is 2.00. The van der Waals surface area contributed by atoms with E-state index in [4.69, 9.17) is 0 Å². The Hall–Kier alpha value is 0.690. The van der Waals surface area contributed by atoms with Crippen molar-refractivity contribution in [3.05, 3.63) is 0 Å². The molecule has 4 atom stereocenters. The number of aliphatic hydroxyl groups is 1. The van der Waals surface area contributed by atoms with Crippen molar-refractivity contribution in [1.29, 1.82) is 0 Å². The van der Waals surface area contributed by atoms with Crippen LogP contribution in [0.3, 0.4) is 0 Å². The quantitative estimate of drug-likeness (QED) is 0.578. The summed E-state index contributed by atoms with van der Waals surface area (Å²) in [5.41, 5.74) is 0.631. The summed E-state index contributed by atoms with van der Waals surface area (Å²) in [6, 6.07) is 0. The van der Waals surface area contributed by atoms with Crippen molar-refractivity contribution in [3.8, 4) is 0 Å². The van der Waals surface area contributed by atoms with E-state index in [1.165, 1.54) is 17.3 Å². The lowest BCUT2D eigenvalue weighted by atomic mass is 9.70. The number of rotatable bonds is 1. The van der Waals surface area contributed by atoms with Crippen molar-refractivity contribution in [2.75, 3.05) is 4.43 Å². The molecule has 0 heterocycles. The summed E-state index contributed by atoms with van der Waals surface area (Å²) >= 11 is 2.49. The van der Waals surface area contributed by atoms with Gasteiger partial charge in [0.15, 0.2) is 0 Å². The van der Waals surface area contributed by atoms with Crippen LogP contribution >= 0.6 is 22.6 Å². The first kappa shape index (κ1) is 9.25. The van der Waals surface area contributed by atoms with E-state index in [9.17, 15) is 5.11 Å². The molecule has 2 bridgehead atoms. The highest BCUT2D eigenvalue weighted by Gasteiger charge is 2.62. The first-order valence-corrected chi connectivity index (χ1v) is 6.31. The first-order chi connectivity index (χ1) is 5.54. The molecule has 0 aromatic rings. The zero-order valence-electron chi connectivity index (χ0n) is 7.81. The second kappa shape index (κ2) is 2.59. The maximum Gasteiger partial charge on any atom is 0.0602 e. The average molecular weight is 280 g/mol. The Labute approximate surface area is 88.1 Å². The van der Waals surface area contributed by atoms with E-state index in [2.05, 4.69) is 36.4 Å². The smallest absolute Gasteiger partial charge is 0.0602 e. The molecule has 0 saturated heterocycles. The minimum atomic E-state index is -0.0315. The van der Waals surface area contributed by atoms with Crippen LogP contribution in [0, 0.1) is 16.7 Å². The van der Waals surface area contributed by atoms with E-state index < -0.39 is 0 Å². The molecule has 2 aliphatic carbocycles. The van der Waals surface area contributed by atoms with Gasteiger partial charge < -0.3 is 5.11 Å². The molecule has 70 valence electrons. The highest BCUT2D eigenvalue weighted by molar-refractivity contribution is 14.1. The number of fused-ring (bicyclic) bond motifs is 2. The van der Waals surface area contributed by atoms with Crippen LogP contribution in [-0.4, -0.2) is 15.6 Å². The van der Waals surface area contributed by atoms with Crippen LogP contribution < -0.4 is 0 Å². The van der Waals surface area contributed by atoms with Gasteiger partial charge in [-0.1, -0.05) is 36.4 Å². The molecule has 0 spiro atoms. The van der Waals surface area contributed by atoms with Gasteiger partial charge in [0.2, 0.25) is 0 Å². The summed E-state index contributed by atoms with van der Waals surface area (Å²) in [5, 5.41) is 9.94. The zero-order chi connectivity index (χ0) is 8.98. The Morgan fingerprint density at radius 2 is 2.17 bits per heavy atom. The van der Waals surface area contributed by atoms with Gasteiger partial charge in [0.1, 0.15) is 0 Å². The maximum atomic E-state index is 9.94. The lowest BCUT2D eigenvalue weighted by Gasteiger charge is -2.38. The number of aliphatic hydroxyl groups excluding tert-OH is 1. The summed E-state index contributed by atoms with van der Waals surface area (Å²) in [6.45, 7) is 4.65. The fraction of sp³-hybridized carbons (Fsp3) is 1.00. The third-order valence-electron chi connectivity index (χ3n) is 4.74. The largest absolute Gasteiger partial charge is 0.393 e. The van der Waals surface area contributed by atoms with Crippen molar-refractivity contribution in [1.82, 2.24) is 0 Å². The SMILES string of the molecule is C[C@]1(CI)[C@H]2CC[C@]1(C)[C@@H](O)C2. The minimum absolute atomic E-state index is 0.0315.